The van der Waals surface area contributed by atoms with E-state index < -0.39 is 5.97 Å². The second-order valence-electron chi connectivity index (χ2n) is 7.79. The lowest BCUT2D eigenvalue weighted by molar-refractivity contribution is 0.0385. The number of benzene rings is 1. The Labute approximate surface area is 183 Å². The fourth-order valence-corrected chi connectivity index (χ4v) is 5.15. The van der Waals surface area contributed by atoms with Crippen LogP contribution in [0.1, 0.15) is 34.6 Å². The zero-order chi connectivity index (χ0) is 21.7. The molecule has 0 unspecified atom stereocenters. The molecule has 0 saturated carbocycles. The third kappa shape index (κ3) is 3.16. The van der Waals surface area contributed by atoms with Crippen LogP contribution in [0.25, 0.3) is 32.8 Å². The van der Waals surface area contributed by atoms with E-state index in [1.165, 1.54) is 16.9 Å². The van der Waals surface area contributed by atoms with Gasteiger partial charge < -0.3 is 19.6 Å². The van der Waals surface area contributed by atoms with Crippen molar-refractivity contribution in [3.63, 3.8) is 0 Å². The largest absolute Gasteiger partial charge is 0.497 e. The Morgan fingerprint density at radius 3 is 2.81 bits per heavy atom. The lowest BCUT2D eigenvalue weighted by Crippen LogP contribution is -2.11. The molecule has 3 aromatic heterocycles. The molecule has 0 spiro atoms. The molecule has 2 N–H and O–H groups in total. The fourth-order valence-electron chi connectivity index (χ4n) is 4.16. The van der Waals surface area contributed by atoms with E-state index in [0.29, 0.717) is 21.2 Å². The van der Waals surface area contributed by atoms with E-state index in [4.69, 9.17) is 24.6 Å². The van der Waals surface area contributed by atoms with Gasteiger partial charge >= 0.3 is 5.97 Å². The summed E-state index contributed by atoms with van der Waals surface area (Å²) in [7, 11) is 1.67. The van der Waals surface area contributed by atoms with Crippen LogP contribution in [0.5, 0.6) is 5.75 Å². The van der Waals surface area contributed by atoms with Gasteiger partial charge in [0.25, 0.3) is 0 Å². The Bertz CT molecular complexity index is 1310. The standard InChI is InChI=1S/C24H22N2O4S/c1-12(2)30-24(27)22-20(25)19-18(17-5-4-10-29-17)16-8-6-13-11-14(28-3)7-9-15(13)21(16)26-23(19)31-22/h4-5,7,9-12H,6,8,25H2,1-3H3. The number of carbonyl (C=O) groups excluding carboxylic acids is 1. The van der Waals surface area contributed by atoms with Crippen LogP contribution in [0.3, 0.4) is 0 Å². The van der Waals surface area contributed by atoms with E-state index in [9.17, 15) is 4.79 Å². The number of methoxy groups -OCH3 is 1. The van der Waals surface area contributed by atoms with Gasteiger partial charge in [-0.3, -0.25) is 0 Å². The summed E-state index contributed by atoms with van der Waals surface area (Å²) in [5.74, 6) is 1.12. The number of carbonyl (C=O) groups is 1. The zero-order valence-electron chi connectivity index (χ0n) is 17.5. The summed E-state index contributed by atoms with van der Waals surface area (Å²) in [6.07, 6.45) is 3.05. The number of esters is 1. The van der Waals surface area contributed by atoms with Crippen LogP contribution in [-0.4, -0.2) is 24.2 Å². The predicted molar refractivity (Wildman–Crippen MR) is 122 cm³/mol. The minimum absolute atomic E-state index is 0.232. The molecule has 31 heavy (non-hydrogen) atoms. The molecule has 1 aliphatic rings. The quantitative estimate of drug-likeness (QED) is 0.428. The van der Waals surface area contributed by atoms with Crippen molar-refractivity contribution in [2.75, 3.05) is 12.8 Å². The predicted octanol–water partition coefficient (Wildman–Crippen LogP) is 5.48. The number of aryl methyl sites for hydroxylation is 1. The average molecular weight is 435 g/mol. The van der Waals surface area contributed by atoms with E-state index in [0.717, 1.165) is 46.4 Å². The van der Waals surface area contributed by atoms with E-state index in [-0.39, 0.29) is 6.10 Å². The lowest BCUT2D eigenvalue weighted by Gasteiger charge is -2.22. The molecule has 6 nitrogen and oxygen atoms in total. The van der Waals surface area contributed by atoms with Crippen LogP contribution in [0, 0.1) is 0 Å². The van der Waals surface area contributed by atoms with Crippen LogP contribution >= 0.6 is 11.3 Å². The van der Waals surface area contributed by atoms with Crippen molar-refractivity contribution in [2.24, 2.45) is 0 Å². The molecule has 158 valence electrons. The number of thiophene rings is 1. The van der Waals surface area contributed by atoms with E-state index in [1.807, 2.05) is 38.1 Å². The van der Waals surface area contributed by atoms with Crippen molar-refractivity contribution < 1.29 is 18.7 Å². The maximum absolute atomic E-state index is 12.7. The first-order valence-electron chi connectivity index (χ1n) is 10.1. The summed E-state index contributed by atoms with van der Waals surface area (Å²) in [5, 5.41) is 0.756. The topological polar surface area (TPSA) is 87.6 Å². The molecule has 1 aromatic carbocycles. The van der Waals surface area contributed by atoms with E-state index >= 15 is 0 Å². The van der Waals surface area contributed by atoms with Gasteiger partial charge in [-0.05, 0) is 68.1 Å². The van der Waals surface area contributed by atoms with Crippen LogP contribution < -0.4 is 10.5 Å². The molecule has 0 fully saturated rings. The molecule has 0 bridgehead atoms. The van der Waals surface area contributed by atoms with Crippen LogP contribution in [0.2, 0.25) is 0 Å². The second kappa shape index (κ2) is 7.42. The third-order valence-corrected chi connectivity index (χ3v) is 6.56. The number of hydrogen-bond acceptors (Lipinski definition) is 7. The van der Waals surface area contributed by atoms with Crippen molar-refractivity contribution in [2.45, 2.75) is 32.8 Å². The van der Waals surface area contributed by atoms with Crippen molar-refractivity contribution in [3.8, 4) is 28.3 Å². The number of ether oxygens (including phenoxy) is 2. The van der Waals surface area contributed by atoms with Crippen molar-refractivity contribution in [1.29, 1.82) is 0 Å². The Kier molecular flexibility index (Phi) is 4.70. The number of aromatic nitrogens is 1. The van der Waals surface area contributed by atoms with Crippen LogP contribution in [0.4, 0.5) is 5.69 Å². The van der Waals surface area contributed by atoms with Gasteiger partial charge in [-0.25, -0.2) is 9.78 Å². The first-order chi connectivity index (χ1) is 15.0. The average Bonchev–Trinajstić information content (AvgIpc) is 3.39. The molecular formula is C24H22N2O4S. The van der Waals surface area contributed by atoms with Gasteiger partial charge in [0, 0.05) is 16.5 Å². The SMILES string of the molecule is COc1ccc2c(c1)CCc1c-2nc2sc(C(=O)OC(C)C)c(N)c2c1-c1ccco1. The molecule has 5 rings (SSSR count). The summed E-state index contributed by atoms with van der Waals surface area (Å²) in [6, 6.07) is 9.82. The maximum atomic E-state index is 12.7. The van der Waals surface area contributed by atoms with Crippen molar-refractivity contribution in [3.05, 3.63) is 52.6 Å². The molecule has 4 aromatic rings. The number of pyridine rings is 1. The highest BCUT2D eigenvalue weighted by Crippen LogP contribution is 2.47. The molecule has 1 aliphatic carbocycles. The number of nitrogens with two attached hydrogens (primary N) is 1. The molecule has 7 heteroatoms. The molecule has 0 atom stereocenters. The Hall–Kier alpha value is -3.32. The maximum Gasteiger partial charge on any atom is 0.350 e. The molecule has 3 heterocycles. The first kappa shape index (κ1) is 19.6. The minimum atomic E-state index is -0.427. The summed E-state index contributed by atoms with van der Waals surface area (Å²) in [5.41, 5.74) is 12.0. The van der Waals surface area contributed by atoms with Gasteiger partial charge in [0.2, 0.25) is 0 Å². The van der Waals surface area contributed by atoms with Crippen molar-refractivity contribution in [1.82, 2.24) is 4.98 Å². The highest BCUT2D eigenvalue weighted by molar-refractivity contribution is 7.21. The summed E-state index contributed by atoms with van der Waals surface area (Å²) in [6.45, 7) is 3.63. The van der Waals surface area contributed by atoms with Crippen molar-refractivity contribution >= 4 is 33.2 Å². The summed E-state index contributed by atoms with van der Waals surface area (Å²) in [4.78, 5) is 18.7. The van der Waals surface area contributed by atoms with Gasteiger partial charge in [0.15, 0.2) is 0 Å². The minimum Gasteiger partial charge on any atom is -0.497 e. The summed E-state index contributed by atoms with van der Waals surface area (Å²) >= 11 is 1.26. The fraction of sp³-hybridized carbons (Fsp3) is 0.250. The number of furan rings is 1. The molecule has 0 radical (unpaired) electrons. The number of fused-ring (bicyclic) bond motifs is 4. The van der Waals surface area contributed by atoms with Gasteiger partial charge in [-0.1, -0.05) is 0 Å². The van der Waals surface area contributed by atoms with Gasteiger partial charge in [-0.15, -0.1) is 11.3 Å². The van der Waals surface area contributed by atoms with Gasteiger partial charge in [0.1, 0.15) is 21.2 Å². The zero-order valence-corrected chi connectivity index (χ0v) is 18.3. The van der Waals surface area contributed by atoms with Crippen LogP contribution in [0.15, 0.2) is 41.0 Å². The second-order valence-corrected chi connectivity index (χ2v) is 8.79. The third-order valence-electron chi connectivity index (χ3n) is 5.49. The number of hydrogen-bond donors (Lipinski definition) is 1. The van der Waals surface area contributed by atoms with E-state index in [1.54, 1.807) is 13.4 Å². The smallest absolute Gasteiger partial charge is 0.350 e. The van der Waals surface area contributed by atoms with E-state index in [2.05, 4.69) is 6.07 Å². The lowest BCUT2D eigenvalue weighted by atomic mass is 9.85. The first-order valence-corrected chi connectivity index (χ1v) is 11.0. The number of anilines is 1. The Balaban J connectivity index is 1.80. The number of nitrogens with zero attached hydrogens (tertiary/aromatic N) is 1. The molecule has 0 aliphatic heterocycles. The normalized spacial score (nSPS) is 12.6. The van der Waals surface area contributed by atoms with Gasteiger partial charge in [0.05, 0.1) is 30.9 Å². The molecular weight excluding hydrogens is 412 g/mol. The van der Waals surface area contributed by atoms with Crippen LogP contribution in [-0.2, 0) is 17.6 Å². The Morgan fingerprint density at radius 2 is 2.10 bits per heavy atom. The monoisotopic (exact) mass is 434 g/mol. The Morgan fingerprint density at radius 1 is 1.26 bits per heavy atom. The highest BCUT2D eigenvalue weighted by atomic mass is 32.1. The highest BCUT2D eigenvalue weighted by Gasteiger charge is 2.29. The molecule has 0 amide bonds. The molecule has 0 saturated heterocycles. The number of nitrogen functional groups attached to an aromatic ring is 1. The van der Waals surface area contributed by atoms with Gasteiger partial charge in [-0.2, -0.15) is 0 Å². The number of rotatable bonds is 4. The summed E-state index contributed by atoms with van der Waals surface area (Å²) < 4.78 is 16.6.